The molecule has 4 nitrogen and oxygen atoms in total. The van der Waals surface area contributed by atoms with Crippen LogP contribution in [-0.2, 0) is 6.54 Å². The average Bonchev–Trinajstić information content (AvgIpc) is 2.92. The van der Waals surface area contributed by atoms with Gasteiger partial charge in [-0.15, -0.1) is 0 Å². The zero-order chi connectivity index (χ0) is 15.5. The van der Waals surface area contributed by atoms with Gasteiger partial charge in [0, 0.05) is 24.5 Å². The molecule has 1 aliphatic carbocycles. The first kappa shape index (κ1) is 16.5. The van der Waals surface area contributed by atoms with Crippen LogP contribution in [-0.4, -0.2) is 40.6 Å². The maximum atomic E-state index is 4.71. The smallest absolute Gasteiger partial charge is 0.127 e. The van der Waals surface area contributed by atoms with E-state index in [9.17, 15) is 0 Å². The van der Waals surface area contributed by atoms with Gasteiger partial charge in [0.25, 0.3) is 0 Å². The van der Waals surface area contributed by atoms with Gasteiger partial charge in [0.1, 0.15) is 5.82 Å². The number of rotatable bonds is 6. The monoisotopic (exact) mass is 292 g/mol. The van der Waals surface area contributed by atoms with Gasteiger partial charge in [-0.25, -0.2) is 4.98 Å². The van der Waals surface area contributed by atoms with E-state index in [-0.39, 0.29) is 5.54 Å². The number of imidazole rings is 1. The van der Waals surface area contributed by atoms with Crippen molar-refractivity contribution in [3.63, 3.8) is 0 Å². The lowest BCUT2D eigenvalue weighted by molar-refractivity contribution is 0.0331. The fraction of sp³-hybridized carbons (Fsp3) is 0.824. The second-order valence-corrected chi connectivity index (χ2v) is 6.76. The van der Waals surface area contributed by atoms with Crippen molar-refractivity contribution in [3.8, 4) is 0 Å². The molecule has 0 aromatic carbocycles. The van der Waals surface area contributed by atoms with Gasteiger partial charge in [0.05, 0.1) is 6.04 Å². The number of aryl methyl sites for hydroxylation is 1. The summed E-state index contributed by atoms with van der Waals surface area (Å²) in [6, 6.07) is 0.301. The Labute approximate surface area is 129 Å². The van der Waals surface area contributed by atoms with Gasteiger partial charge in [0.2, 0.25) is 0 Å². The molecule has 1 aromatic rings. The molecule has 0 aliphatic heterocycles. The SMILES string of the molecule is CCNC(c1nccn1CC)C1(N(C)C)CCCC(C)C1. The Morgan fingerprint density at radius 3 is 2.81 bits per heavy atom. The third kappa shape index (κ3) is 3.16. The van der Waals surface area contributed by atoms with E-state index in [0.717, 1.165) is 19.0 Å². The lowest BCUT2D eigenvalue weighted by Gasteiger charge is -2.50. The Bertz CT molecular complexity index is 440. The Kier molecular flexibility index (Phi) is 5.44. The molecule has 1 aliphatic rings. The van der Waals surface area contributed by atoms with Gasteiger partial charge in [-0.2, -0.15) is 0 Å². The Morgan fingerprint density at radius 2 is 2.24 bits per heavy atom. The lowest BCUT2D eigenvalue weighted by Crippen LogP contribution is -2.56. The van der Waals surface area contributed by atoms with E-state index in [1.807, 2.05) is 6.20 Å². The van der Waals surface area contributed by atoms with Crippen LogP contribution >= 0.6 is 0 Å². The molecule has 120 valence electrons. The van der Waals surface area contributed by atoms with Gasteiger partial charge in [-0.3, -0.25) is 0 Å². The van der Waals surface area contributed by atoms with Crippen molar-refractivity contribution in [1.82, 2.24) is 19.8 Å². The molecule has 0 saturated heterocycles. The number of aromatic nitrogens is 2. The Morgan fingerprint density at radius 1 is 1.48 bits per heavy atom. The van der Waals surface area contributed by atoms with Crippen molar-refractivity contribution in [1.29, 1.82) is 0 Å². The molecule has 1 heterocycles. The molecule has 2 rings (SSSR count). The zero-order valence-electron chi connectivity index (χ0n) is 14.4. The first-order valence-corrected chi connectivity index (χ1v) is 8.47. The van der Waals surface area contributed by atoms with E-state index in [2.05, 4.69) is 55.8 Å². The quantitative estimate of drug-likeness (QED) is 0.875. The molecule has 0 amide bonds. The highest BCUT2D eigenvalue weighted by molar-refractivity contribution is 5.12. The van der Waals surface area contributed by atoms with Crippen LogP contribution in [0.25, 0.3) is 0 Å². The summed E-state index contributed by atoms with van der Waals surface area (Å²) in [6.07, 6.45) is 9.21. The summed E-state index contributed by atoms with van der Waals surface area (Å²) in [7, 11) is 4.48. The van der Waals surface area contributed by atoms with Gasteiger partial charge in [-0.1, -0.05) is 26.7 Å². The van der Waals surface area contributed by atoms with Crippen LogP contribution < -0.4 is 5.32 Å². The minimum Gasteiger partial charge on any atom is -0.334 e. The van der Waals surface area contributed by atoms with Crippen LogP contribution in [0.1, 0.15) is 58.3 Å². The summed E-state index contributed by atoms with van der Waals surface area (Å²) < 4.78 is 2.29. The standard InChI is InChI=1S/C17H32N4/c1-6-18-15(16-19-11-12-21(16)7-2)17(20(4)5)10-8-9-14(3)13-17/h11-12,14-15,18H,6-10,13H2,1-5H3. The summed E-state index contributed by atoms with van der Waals surface area (Å²) in [5.74, 6) is 1.98. The molecule has 1 saturated carbocycles. The van der Waals surface area contributed by atoms with E-state index < -0.39 is 0 Å². The molecule has 1 aromatic heterocycles. The molecule has 0 spiro atoms. The number of nitrogens with one attached hydrogen (secondary N) is 1. The molecule has 0 radical (unpaired) electrons. The lowest BCUT2D eigenvalue weighted by atomic mass is 9.71. The minimum atomic E-state index is 0.173. The van der Waals surface area contributed by atoms with Crippen LogP contribution in [0.5, 0.6) is 0 Å². The molecule has 3 atom stereocenters. The van der Waals surface area contributed by atoms with E-state index in [4.69, 9.17) is 4.98 Å². The van der Waals surface area contributed by atoms with Crippen molar-refractivity contribution < 1.29 is 0 Å². The molecular weight excluding hydrogens is 260 g/mol. The van der Waals surface area contributed by atoms with Gasteiger partial charge in [-0.05, 0) is 46.3 Å². The second kappa shape index (κ2) is 6.93. The summed E-state index contributed by atoms with van der Waals surface area (Å²) in [6.45, 7) is 8.75. The predicted molar refractivity (Wildman–Crippen MR) is 88.4 cm³/mol. The zero-order valence-corrected chi connectivity index (χ0v) is 14.4. The van der Waals surface area contributed by atoms with Crippen molar-refractivity contribution in [2.75, 3.05) is 20.6 Å². The fourth-order valence-electron chi connectivity index (χ4n) is 4.06. The highest BCUT2D eigenvalue weighted by Crippen LogP contribution is 2.43. The van der Waals surface area contributed by atoms with Gasteiger partial charge >= 0.3 is 0 Å². The number of hydrogen-bond donors (Lipinski definition) is 1. The topological polar surface area (TPSA) is 33.1 Å². The highest BCUT2D eigenvalue weighted by atomic mass is 15.2. The maximum Gasteiger partial charge on any atom is 0.127 e. The normalized spacial score (nSPS) is 28.0. The summed E-state index contributed by atoms with van der Waals surface area (Å²) in [4.78, 5) is 7.16. The molecule has 4 heteroatoms. The number of nitrogens with zero attached hydrogens (tertiary/aromatic N) is 3. The molecular formula is C17H32N4. The third-order valence-corrected chi connectivity index (χ3v) is 5.19. The first-order valence-electron chi connectivity index (χ1n) is 8.47. The Balaban J connectivity index is 2.42. The van der Waals surface area contributed by atoms with E-state index in [1.165, 1.54) is 31.5 Å². The number of likely N-dealkylation sites (N-methyl/N-ethyl adjacent to an activating group) is 2. The summed E-state index contributed by atoms with van der Waals surface area (Å²) >= 11 is 0. The van der Waals surface area contributed by atoms with Gasteiger partial charge < -0.3 is 14.8 Å². The van der Waals surface area contributed by atoms with Crippen molar-refractivity contribution in [2.24, 2.45) is 5.92 Å². The molecule has 21 heavy (non-hydrogen) atoms. The molecule has 1 fully saturated rings. The first-order chi connectivity index (χ1) is 10.0. The summed E-state index contributed by atoms with van der Waals surface area (Å²) in [5, 5.41) is 3.75. The van der Waals surface area contributed by atoms with Crippen LogP contribution in [0.15, 0.2) is 12.4 Å². The van der Waals surface area contributed by atoms with Crippen LogP contribution in [0.2, 0.25) is 0 Å². The largest absolute Gasteiger partial charge is 0.334 e. The highest BCUT2D eigenvalue weighted by Gasteiger charge is 2.45. The summed E-state index contributed by atoms with van der Waals surface area (Å²) in [5.41, 5.74) is 0.173. The maximum absolute atomic E-state index is 4.71. The van der Waals surface area contributed by atoms with Crippen LogP contribution in [0.3, 0.4) is 0 Å². The third-order valence-electron chi connectivity index (χ3n) is 5.19. The van der Waals surface area contributed by atoms with E-state index in [1.54, 1.807) is 0 Å². The second-order valence-electron chi connectivity index (χ2n) is 6.76. The van der Waals surface area contributed by atoms with E-state index in [0.29, 0.717) is 6.04 Å². The molecule has 3 unspecified atom stereocenters. The van der Waals surface area contributed by atoms with Crippen molar-refractivity contribution in [3.05, 3.63) is 18.2 Å². The fourth-order valence-corrected chi connectivity index (χ4v) is 4.06. The average molecular weight is 292 g/mol. The predicted octanol–water partition coefficient (Wildman–Crippen LogP) is 3.06. The molecule has 1 N–H and O–H groups in total. The van der Waals surface area contributed by atoms with E-state index >= 15 is 0 Å². The Hall–Kier alpha value is -0.870. The number of hydrogen-bond acceptors (Lipinski definition) is 3. The van der Waals surface area contributed by atoms with Gasteiger partial charge in [0.15, 0.2) is 0 Å². The van der Waals surface area contributed by atoms with Crippen LogP contribution in [0, 0.1) is 5.92 Å². The minimum absolute atomic E-state index is 0.173. The van der Waals surface area contributed by atoms with Crippen LogP contribution in [0.4, 0.5) is 0 Å². The van der Waals surface area contributed by atoms with Crippen molar-refractivity contribution in [2.45, 2.75) is 64.6 Å². The van der Waals surface area contributed by atoms with Crippen molar-refractivity contribution >= 4 is 0 Å². The molecule has 0 bridgehead atoms.